The van der Waals surface area contributed by atoms with Crippen LogP contribution in [0.5, 0.6) is 23.0 Å². The Kier molecular flexibility index (Phi) is 11.0. The second kappa shape index (κ2) is 16.7. The highest BCUT2D eigenvalue weighted by Gasteiger charge is 2.44. The molecule has 2 fully saturated rings. The van der Waals surface area contributed by atoms with E-state index in [1.165, 1.54) is 23.3 Å². The number of piperazine rings is 1. The number of fused-ring (bicyclic) bond motifs is 1. The number of aromatic hydroxyl groups is 1. The van der Waals surface area contributed by atoms with Gasteiger partial charge in [0.15, 0.2) is 0 Å². The number of anilines is 1. The molecule has 4 heterocycles. The first-order valence-corrected chi connectivity index (χ1v) is 19.5. The molecular formula is C46H43N5O7. The average molecular weight is 778 g/mol. The van der Waals surface area contributed by atoms with Crippen molar-refractivity contribution in [2.24, 2.45) is 0 Å². The van der Waals surface area contributed by atoms with Gasteiger partial charge in [-0.15, -0.1) is 0 Å². The molecule has 0 aliphatic carbocycles. The third-order valence-electron chi connectivity index (χ3n) is 10.8. The zero-order valence-corrected chi connectivity index (χ0v) is 32.1. The Hall–Kier alpha value is -6.79. The van der Waals surface area contributed by atoms with Crippen LogP contribution in [0.2, 0.25) is 0 Å². The number of hydrogen-bond donors (Lipinski definition) is 2. The minimum Gasteiger partial charge on any atom is -0.508 e. The van der Waals surface area contributed by atoms with Crippen molar-refractivity contribution in [1.29, 1.82) is 0 Å². The minimum absolute atomic E-state index is 0.0581. The molecule has 2 saturated heterocycles. The van der Waals surface area contributed by atoms with E-state index in [4.69, 9.17) is 9.47 Å². The van der Waals surface area contributed by atoms with Gasteiger partial charge in [0.2, 0.25) is 11.8 Å². The number of ether oxygens (including phenoxy) is 2. The Labute approximate surface area is 336 Å². The number of nitrogens with zero attached hydrogens (tertiary/aromatic N) is 4. The number of carbonyl (C=O) groups excluding carboxylic acids is 4. The summed E-state index contributed by atoms with van der Waals surface area (Å²) in [6, 6.07) is 33.3. The molecule has 1 unspecified atom stereocenters. The number of phenols is 1. The summed E-state index contributed by atoms with van der Waals surface area (Å²) in [5.41, 5.74) is 6.00. The summed E-state index contributed by atoms with van der Waals surface area (Å²) in [4.78, 5) is 60.3. The van der Waals surface area contributed by atoms with Crippen LogP contribution in [0.3, 0.4) is 0 Å². The van der Waals surface area contributed by atoms with E-state index in [9.17, 15) is 24.3 Å². The van der Waals surface area contributed by atoms with Crippen LogP contribution in [-0.2, 0) is 9.59 Å². The first-order valence-electron chi connectivity index (χ1n) is 19.5. The quantitative estimate of drug-likeness (QED) is 0.106. The maximum atomic E-state index is 13.2. The lowest BCUT2D eigenvalue weighted by atomic mass is 9.88. The molecule has 58 heavy (non-hydrogen) atoms. The van der Waals surface area contributed by atoms with Crippen LogP contribution in [0.15, 0.2) is 115 Å². The summed E-state index contributed by atoms with van der Waals surface area (Å²) in [6.45, 7) is 6.86. The molecule has 0 saturated carbocycles. The van der Waals surface area contributed by atoms with Crippen LogP contribution in [-0.4, -0.2) is 88.9 Å². The maximum Gasteiger partial charge on any atom is 0.262 e. The molecule has 3 aliphatic rings. The highest BCUT2D eigenvalue weighted by atomic mass is 16.5. The lowest BCUT2D eigenvalue weighted by Crippen LogP contribution is -2.54. The maximum absolute atomic E-state index is 13.2. The van der Waals surface area contributed by atoms with Gasteiger partial charge in [-0.1, -0.05) is 61.5 Å². The first kappa shape index (κ1) is 38.1. The number of benzene rings is 4. The van der Waals surface area contributed by atoms with E-state index in [-0.39, 0.29) is 29.7 Å². The lowest BCUT2D eigenvalue weighted by Gasteiger charge is -2.35. The van der Waals surface area contributed by atoms with Crippen molar-refractivity contribution in [2.75, 3.05) is 44.2 Å². The van der Waals surface area contributed by atoms with E-state index < -0.39 is 29.7 Å². The van der Waals surface area contributed by atoms with Crippen molar-refractivity contribution in [3.8, 4) is 23.0 Å². The highest BCUT2D eigenvalue weighted by Crippen LogP contribution is 2.36. The van der Waals surface area contributed by atoms with Crippen LogP contribution in [0.1, 0.15) is 63.6 Å². The van der Waals surface area contributed by atoms with E-state index >= 15 is 0 Å². The predicted molar refractivity (Wildman–Crippen MR) is 219 cm³/mol. The van der Waals surface area contributed by atoms with E-state index in [0.717, 1.165) is 72.3 Å². The van der Waals surface area contributed by atoms with Crippen molar-refractivity contribution >= 4 is 40.6 Å². The summed E-state index contributed by atoms with van der Waals surface area (Å²) in [7, 11) is 0. The van der Waals surface area contributed by atoms with E-state index in [0.29, 0.717) is 18.1 Å². The summed E-state index contributed by atoms with van der Waals surface area (Å²) in [5.74, 6) is 0.485. The van der Waals surface area contributed by atoms with Crippen molar-refractivity contribution in [3.63, 3.8) is 0 Å². The van der Waals surface area contributed by atoms with Gasteiger partial charge in [0, 0.05) is 39.1 Å². The summed E-state index contributed by atoms with van der Waals surface area (Å²) in [5, 5.41) is 12.2. The molecule has 0 spiro atoms. The largest absolute Gasteiger partial charge is 0.508 e. The Bertz CT molecular complexity index is 2360. The normalized spacial score (nSPS) is 17.5. The SMILES string of the molecule is CC/C(=C(\c1ccc(O)cc1)c1ccc(OCCN2CCN(c3ccc(Oc4ccc5c(c4)C(=O)N(C4CCC(=O)NC4=O)C5=O)cn3)CC2)cc1)c1ccccc1. The molecule has 3 aliphatic heterocycles. The molecule has 8 rings (SSSR count). The van der Waals surface area contributed by atoms with Crippen LogP contribution in [0.4, 0.5) is 5.82 Å². The number of carbonyl (C=O) groups is 4. The smallest absolute Gasteiger partial charge is 0.262 e. The van der Waals surface area contributed by atoms with Gasteiger partial charge in [0.1, 0.15) is 41.5 Å². The fourth-order valence-electron chi connectivity index (χ4n) is 7.79. The Balaban J connectivity index is 0.828. The molecule has 5 aromatic rings. The molecule has 1 atom stereocenters. The van der Waals surface area contributed by atoms with Crippen LogP contribution in [0, 0.1) is 0 Å². The summed E-state index contributed by atoms with van der Waals surface area (Å²) < 4.78 is 12.2. The van der Waals surface area contributed by atoms with Crippen molar-refractivity contribution in [2.45, 2.75) is 32.2 Å². The second-order valence-corrected chi connectivity index (χ2v) is 14.4. The fraction of sp³-hybridized carbons (Fsp3) is 0.239. The third kappa shape index (κ3) is 8.05. The molecule has 2 N–H and O–H groups in total. The number of hydrogen-bond acceptors (Lipinski definition) is 10. The molecule has 1 aromatic heterocycles. The Morgan fingerprint density at radius 1 is 0.759 bits per heavy atom. The molecule has 4 aromatic carbocycles. The van der Waals surface area contributed by atoms with Gasteiger partial charge in [-0.2, -0.15) is 0 Å². The number of allylic oxidation sites excluding steroid dienone is 1. The van der Waals surface area contributed by atoms with Crippen molar-refractivity contribution in [3.05, 3.63) is 143 Å². The molecule has 12 heteroatoms. The van der Waals surface area contributed by atoms with Crippen LogP contribution in [0.25, 0.3) is 11.1 Å². The zero-order chi connectivity index (χ0) is 40.2. The number of phenolic OH excluding ortho intramolecular Hbond substituents is 1. The number of piperidine rings is 1. The molecule has 4 amide bonds. The van der Waals surface area contributed by atoms with Gasteiger partial charge in [0.25, 0.3) is 11.8 Å². The van der Waals surface area contributed by atoms with E-state index in [1.807, 2.05) is 42.5 Å². The number of nitrogens with one attached hydrogen (secondary N) is 1. The zero-order valence-electron chi connectivity index (χ0n) is 32.1. The third-order valence-corrected chi connectivity index (χ3v) is 10.8. The standard InChI is InChI=1S/C46H43N5O7/c1-2-37(30-6-4-3-5-7-30)43(31-8-12-33(52)13-9-31)32-10-14-34(15-11-32)57-27-26-49-22-24-50(25-23-49)41-20-17-36(29-47-41)58-35-16-18-38-39(28-35)46(56)51(45(38)55)40-19-21-42(53)48-44(40)54/h3-18,20,28-29,40,52H,2,19,21-27H2,1H3,(H,48,53,54)/b43-37-. The number of pyridine rings is 1. The molecule has 294 valence electrons. The average Bonchev–Trinajstić information content (AvgIpc) is 3.49. The predicted octanol–water partition coefficient (Wildman–Crippen LogP) is 6.55. The van der Waals surface area contributed by atoms with Gasteiger partial charge >= 0.3 is 0 Å². The number of imide groups is 2. The van der Waals surface area contributed by atoms with Gasteiger partial charge in [-0.05, 0) is 95.3 Å². The Morgan fingerprint density at radius 2 is 1.43 bits per heavy atom. The summed E-state index contributed by atoms with van der Waals surface area (Å²) in [6.07, 6.45) is 2.63. The topological polar surface area (TPSA) is 142 Å². The Morgan fingerprint density at radius 3 is 2.10 bits per heavy atom. The van der Waals surface area contributed by atoms with Gasteiger partial charge in [-0.25, -0.2) is 4.98 Å². The first-order chi connectivity index (χ1) is 28.2. The van der Waals surface area contributed by atoms with Crippen LogP contribution >= 0.6 is 0 Å². The van der Waals surface area contributed by atoms with Crippen LogP contribution < -0.4 is 19.7 Å². The number of rotatable bonds is 12. The van der Waals surface area contributed by atoms with Crippen molar-refractivity contribution in [1.82, 2.24) is 20.1 Å². The fourth-order valence-corrected chi connectivity index (χ4v) is 7.79. The molecule has 0 bridgehead atoms. The molecule has 0 radical (unpaired) electrons. The van der Waals surface area contributed by atoms with E-state index in [2.05, 4.69) is 63.4 Å². The minimum atomic E-state index is -1.03. The van der Waals surface area contributed by atoms with Gasteiger partial charge in [0.05, 0.1) is 17.3 Å². The summed E-state index contributed by atoms with van der Waals surface area (Å²) >= 11 is 0. The lowest BCUT2D eigenvalue weighted by molar-refractivity contribution is -0.136. The molecular weight excluding hydrogens is 735 g/mol. The van der Waals surface area contributed by atoms with Gasteiger partial charge < -0.3 is 19.5 Å². The highest BCUT2D eigenvalue weighted by molar-refractivity contribution is 6.23. The number of amides is 4. The monoisotopic (exact) mass is 777 g/mol. The van der Waals surface area contributed by atoms with Crippen molar-refractivity contribution < 1.29 is 33.8 Å². The molecule has 12 nitrogen and oxygen atoms in total. The van der Waals surface area contributed by atoms with Gasteiger partial charge in [-0.3, -0.25) is 34.3 Å². The second-order valence-electron chi connectivity index (χ2n) is 14.4. The number of aromatic nitrogens is 1. The van der Waals surface area contributed by atoms with E-state index in [1.54, 1.807) is 24.4 Å².